The second kappa shape index (κ2) is 5.83. The van der Waals surface area contributed by atoms with E-state index >= 15 is 0 Å². The van der Waals surface area contributed by atoms with Crippen molar-refractivity contribution < 1.29 is 4.39 Å². The third-order valence-electron chi connectivity index (χ3n) is 2.34. The highest BCUT2D eigenvalue weighted by Gasteiger charge is 2.14. The van der Waals surface area contributed by atoms with Crippen molar-refractivity contribution >= 4 is 5.69 Å². The molecule has 1 aromatic carbocycles. The third-order valence-corrected chi connectivity index (χ3v) is 2.34. The zero-order valence-electron chi connectivity index (χ0n) is 9.52. The molecule has 1 atom stereocenters. The van der Waals surface area contributed by atoms with Crippen LogP contribution in [0, 0.1) is 28.5 Å². The first-order chi connectivity index (χ1) is 8.10. The summed E-state index contributed by atoms with van der Waals surface area (Å²) in [5, 5.41) is 17.4. The Hall–Kier alpha value is -2.11. The van der Waals surface area contributed by atoms with Gasteiger partial charge in [0, 0.05) is 11.7 Å². The summed E-state index contributed by atoms with van der Waals surface area (Å²) in [6.07, 6.45) is 0. The van der Waals surface area contributed by atoms with Crippen LogP contribution in [0.3, 0.4) is 0 Å². The number of nitrogens with zero attached hydrogens (tertiary/aromatic N) is 3. The molecule has 2 N–H and O–H groups in total. The summed E-state index contributed by atoms with van der Waals surface area (Å²) in [6.45, 7) is 1.87. The molecule has 4 nitrogen and oxygen atoms in total. The predicted molar refractivity (Wildman–Crippen MR) is 62.4 cm³/mol. The summed E-state index contributed by atoms with van der Waals surface area (Å²) < 4.78 is 13.1. The molecule has 0 radical (unpaired) electrons. The van der Waals surface area contributed by atoms with Crippen molar-refractivity contribution in [3.05, 3.63) is 29.6 Å². The zero-order valence-corrected chi connectivity index (χ0v) is 9.52. The quantitative estimate of drug-likeness (QED) is 0.801. The number of halogens is 1. The maximum absolute atomic E-state index is 13.1. The monoisotopic (exact) mass is 232 g/mol. The SMILES string of the molecule is CC(N)c1cc(F)ccc1N(CC#N)CC#N. The van der Waals surface area contributed by atoms with E-state index in [0.29, 0.717) is 11.3 Å². The Bertz CT molecular complexity index is 454. The van der Waals surface area contributed by atoms with Crippen molar-refractivity contribution in [3.63, 3.8) is 0 Å². The van der Waals surface area contributed by atoms with Crippen LogP contribution in [0.4, 0.5) is 10.1 Å². The van der Waals surface area contributed by atoms with Gasteiger partial charge in [-0.25, -0.2) is 4.39 Å². The highest BCUT2D eigenvalue weighted by atomic mass is 19.1. The summed E-state index contributed by atoms with van der Waals surface area (Å²) in [5.41, 5.74) is 6.98. The molecule has 0 aliphatic carbocycles. The van der Waals surface area contributed by atoms with E-state index in [2.05, 4.69) is 0 Å². The molecule has 0 amide bonds. The Labute approximate surface area is 99.7 Å². The number of nitriles is 2. The molecular formula is C12H13FN4. The normalized spacial score (nSPS) is 11.4. The molecule has 1 aromatic rings. The number of benzene rings is 1. The molecule has 0 fully saturated rings. The topological polar surface area (TPSA) is 76.8 Å². The molecule has 0 spiro atoms. The molecule has 0 saturated carbocycles. The summed E-state index contributed by atoms with van der Waals surface area (Å²) in [5.74, 6) is -0.380. The Morgan fingerprint density at radius 3 is 2.41 bits per heavy atom. The van der Waals surface area contributed by atoms with Crippen LogP contribution in [0.15, 0.2) is 18.2 Å². The molecule has 0 aliphatic heterocycles. The minimum absolute atomic E-state index is 0.0684. The molecule has 5 heteroatoms. The average molecular weight is 232 g/mol. The van der Waals surface area contributed by atoms with Gasteiger partial charge >= 0.3 is 0 Å². The van der Waals surface area contributed by atoms with Crippen molar-refractivity contribution in [2.45, 2.75) is 13.0 Å². The van der Waals surface area contributed by atoms with Crippen molar-refractivity contribution in [3.8, 4) is 12.1 Å². The van der Waals surface area contributed by atoms with Crippen molar-refractivity contribution in [2.24, 2.45) is 5.73 Å². The summed E-state index contributed by atoms with van der Waals surface area (Å²) in [4.78, 5) is 1.57. The van der Waals surface area contributed by atoms with Crippen LogP contribution < -0.4 is 10.6 Å². The second-order valence-electron chi connectivity index (χ2n) is 3.66. The predicted octanol–water partition coefficient (Wildman–Crippen LogP) is 1.70. The lowest BCUT2D eigenvalue weighted by atomic mass is 10.1. The third kappa shape index (κ3) is 3.17. The van der Waals surface area contributed by atoms with E-state index in [1.807, 2.05) is 12.1 Å². The summed E-state index contributed by atoms with van der Waals surface area (Å²) >= 11 is 0. The van der Waals surface area contributed by atoms with Gasteiger partial charge in [-0.3, -0.25) is 0 Å². The number of rotatable bonds is 4. The van der Waals surface area contributed by atoms with Crippen LogP contribution >= 0.6 is 0 Å². The van der Waals surface area contributed by atoms with Gasteiger partial charge in [0.05, 0.1) is 12.1 Å². The maximum Gasteiger partial charge on any atom is 0.123 e. The largest absolute Gasteiger partial charge is 0.345 e. The fourth-order valence-corrected chi connectivity index (χ4v) is 1.58. The molecule has 0 saturated heterocycles. The van der Waals surface area contributed by atoms with Gasteiger partial charge in [0.1, 0.15) is 18.9 Å². The van der Waals surface area contributed by atoms with Crippen LogP contribution in [0.5, 0.6) is 0 Å². The molecule has 0 heterocycles. The molecule has 1 unspecified atom stereocenters. The van der Waals surface area contributed by atoms with Crippen molar-refractivity contribution in [2.75, 3.05) is 18.0 Å². The highest BCUT2D eigenvalue weighted by Crippen LogP contribution is 2.25. The molecule has 0 bridgehead atoms. The standard InChI is InChI=1S/C12H13FN4/c1-9(16)11-8-10(13)2-3-12(11)17(6-4-14)7-5-15/h2-3,8-9H,6-7,16H2,1H3. The molecule has 88 valence electrons. The number of hydrogen-bond acceptors (Lipinski definition) is 4. The van der Waals surface area contributed by atoms with Gasteiger partial charge in [0.2, 0.25) is 0 Å². The van der Waals surface area contributed by atoms with E-state index in [9.17, 15) is 4.39 Å². The van der Waals surface area contributed by atoms with E-state index in [1.165, 1.54) is 12.1 Å². The lowest BCUT2D eigenvalue weighted by Gasteiger charge is -2.23. The summed E-state index contributed by atoms with van der Waals surface area (Å²) in [7, 11) is 0. The van der Waals surface area contributed by atoms with E-state index in [4.69, 9.17) is 16.3 Å². The second-order valence-corrected chi connectivity index (χ2v) is 3.66. The number of anilines is 1. The minimum Gasteiger partial charge on any atom is -0.345 e. The zero-order chi connectivity index (χ0) is 12.8. The smallest absolute Gasteiger partial charge is 0.123 e. The molecule has 1 rings (SSSR count). The van der Waals surface area contributed by atoms with Crippen molar-refractivity contribution in [1.29, 1.82) is 10.5 Å². The van der Waals surface area contributed by atoms with Crippen LogP contribution in [-0.4, -0.2) is 13.1 Å². The molecular weight excluding hydrogens is 219 g/mol. The van der Waals surface area contributed by atoms with E-state index in [1.54, 1.807) is 17.9 Å². The molecule has 0 aromatic heterocycles. The lowest BCUT2D eigenvalue weighted by Crippen LogP contribution is -2.26. The lowest BCUT2D eigenvalue weighted by molar-refractivity contribution is 0.622. The molecule has 0 aliphatic rings. The van der Waals surface area contributed by atoms with E-state index < -0.39 is 0 Å². The Kier molecular flexibility index (Phi) is 4.45. The minimum atomic E-state index is -0.380. The highest BCUT2D eigenvalue weighted by molar-refractivity contribution is 5.56. The van der Waals surface area contributed by atoms with Crippen LogP contribution in [0.1, 0.15) is 18.5 Å². The van der Waals surface area contributed by atoms with E-state index in [-0.39, 0.29) is 24.9 Å². The van der Waals surface area contributed by atoms with Gasteiger partial charge < -0.3 is 10.6 Å². The summed E-state index contributed by atoms with van der Waals surface area (Å²) in [6, 6.07) is 7.76. The maximum atomic E-state index is 13.1. The van der Waals surface area contributed by atoms with Gasteiger partial charge in [-0.15, -0.1) is 0 Å². The van der Waals surface area contributed by atoms with Gasteiger partial charge in [-0.2, -0.15) is 10.5 Å². The van der Waals surface area contributed by atoms with Gasteiger partial charge in [-0.05, 0) is 30.7 Å². The van der Waals surface area contributed by atoms with Crippen molar-refractivity contribution in [1.82, 2.24) is 0 Å². The Morgan fingerprint density at radius 1 is 1.35 bits per heavy atom. The first kappa shape index (κ1) is 13.0. The fourth-order valence-electron chi connectivity index (χ4n) is 1.58. The fraction of sp³-hybridized carbons (Fsp3) is 0.333. The van der Waals surface area contributed by atoms with Crippen LogP contribution in [-0.2, 0) is 0 Å². The van der Waals surface area contributed by atoms with Crippen LogP contribution in [0.2, 0.25) is 0 Å². The average Bonchev–Trinajstić information content (AvgIpc) is 2.28. The number of nitrogens with two attached hydrogens (primary N) is 1. The Balaban J connectivity index is 3.19. The first-order valence-corrected chi connectivity index (χ1v) is 5.14. The van der Waals surface area contributed by atoms with E-state index in [0.717, 1.165) is 0 Å². The van der Waals surface area contributed by atoms with Gasteiger partial charge in [0.15, 0.2) is 0 Å². The molecule has 17 heavy (non-hydrogen) atoms. The number of hydrogen-bond donors (Lipinski definition) is 1. The van der Waals surface area contributed by atoms with Gasteiger partial charge in [-0.1, -0.05) is 0 Å². The first-order valence-electron chi connectivity index (χ1n) is 5.14. The Morgan fingerprint density at radius 2 is 1.94 bits per heavy atom. The van der Waals surface area contributed by atoms with Gasteiger partial charge in [0.25, 0.3) is 0 Å². The van der Waals surface area contributed by atoms with Crippen LogP contribution in [0.25, 0.3) is 0 Å².